The van der Waals surface area contributed by atoms with Crippen molar-refractivity contribution in [1.29, 1.82) is 0 Å². The zero-order chi connectivity index (χ0) is 14.7. The molecule has 21 heavy (non-hydrogen) atoms. The van der Waals surface area contributed by atoms with Crippen LogP contribution in [0, 0.1) is 5.92 Å². The van der Waals surface area contributed by atoms with E-state index in [-0.39, 0.29) is 5.97 Å². The Morgan fingerprint density at radius 2 is 2.29 bits per heavy atom. The number of nitrogens with one attached hydrogen (secondary N) is 2. The standard InChI is InChI=1S/C16H27N3O2/c1-21-14(20)7-4-10-19-9-3-5-12-11-18-16-13(15(12)19)6-2-8-17-16/h12,16-18H,2-11H2,1H3. The fourth-order valence-corrected chi connectivity index (χ4v) is 3.98. The minimum Gasteiger partial charge on any atom is -0.469 e. The third-order valence-corrected chi connectivity index (χ3v) is 4.96. The van der Waals surface area contributed by atoms with E-state index in [9.17, 15) is 4.79 Å². The molecule has 2 unspecified atom stereocenters. The maximum atomic E-state index is 11.3. The van der Waals surface area contributed by atoms with Crippen LogP contribution in [0.5, 0.6) is 0 Å². The Bertz CT molecular complexity index is 422. The highest BCUT2D eigenvalue weighted by molar-refractivity contribution is 5.69. The van der Waals surface area contributed by atoms with Gasteiger partial charge in [0.2, 0.25) is 0 Å². The molecule has 2 saturated heterocycles. The highest BCUT2D eigenvalue weighted by Crippen LogP contribution is 2.35. The fraction of sp³-hybridized carbons (Fsp3) is 0.812. The molecule has 2 N–H and O–H groups in total. The molecule has 3 heterocycles. The van der Waals surface area contributed by atoms with E-state index in [1.165, 1.54) is 32.8 Å². The molecule has 0 aromatic heterocycles. The smallest absolute Gasteiger partial charge is 0.305 e. The van der Waals surface area contributed by atoms with Crippen LogP contribution >= 0.6 is 0 Å². The van der Waals surface area contributed by atoms with Crippen molar-refractivity contribution in [3.63, 3.8) is 0 Å². The quantitative estimate of drug-likeness (QED) is 0.763. The topological polar surface area (TPSA) is 53.6 Å². The van der Waals surface area contributed by atoms with Gasteiger partial charge in [-0.3, -0.25) is 15.4 Å². The van der Waals surface area contributed by atoms with E-state index in [1.54, 1.807) is 11.3 Å². The number of methoxy groups -OCH3 is 1. The van der Waals surface area contributed by atoms with Crippen LogP contribution in [-0.4, -0.2) is 50.3 Å². The molecule has 0 saturated carbocycles. The lowest BCUT2D eigenvalue weighted by Gasteiger charge is -2.46. The first-order valence-electron chi connectivity index (χ1n) is 8.31. The van der Waals surface area contributed by atoms with Gasteiger partial charge in [-0.2, -0.15) is 0 Å². The Balaban J connectivity index is 1.70. The predicted molar refractivity (Wildman–Crippen MR) is 81.6 cm³/mol. The second-order valence-electron chi connectivity index (χ2n) is 6.32. The van der Waals surface area contributed by atoms with Gasteiger partial charge in [-0.25, -0.2) is 0 Å². The largest absolute Gasteiger partial charge is 0.469 e. The minimum atomic E-state index is -0.0938. The molecule has 0 radical (unpaired) electrons. The summed E-state index contributed by atoms with van der Waals surface area (Å²) in [4.78, 5) is 13.8. The van der Waals surface area contributed by atoms with Crippen molar-refractivity contribution in [2.24, 2.45) is 5.92 Å². The first-order chi connectivity index (χ1) is 10.3. The van der Waals surface area contributed by atoms with Gasteiger partial charge in [-0.1, -0.05) is 0 Å². The number of hydrogen-bond acceptors (Lipinski definition) is 5. The highest BCUT2D eigenvalue weighted by Gasteiger charge is 2.35. The lowest BCUT2D eigenvalue weighted by molar-refractivity contribution is -0.140. The summed E-state index contributed by atoms with van der Waals surface area (Å²) in [7, 11) is 1.47. The second-order valence-corrected chi connectivity index (χ2v) is 6.32. The van der Waals surface area contributed by atoms with Crippen molar-refractivity contribution in [3.05, 3.63) is 11.3 Å². The summed E-state index contributed by atoms with van der Waals surface area (Å²) in [6, 6.07) is 0. The summed E-state index contributed by atoms with van der Waals surface area (Å²) >= 11 is 0. The van der Waals surface area contributed by atoms with Crippen molar-refractivity contribution < 1.29 is 9.53 Å². The molecule has 0 bridgehead atoms. The van der Waals surface area contributed by atoms with Crippen molar-refractivity contribution >= 4 is 5.97 Å². The van der Waals surface area contributed by atoms with E-state index in [0.717, 1.165) is 32.6 Å². The summed E-state index contributed by atoms with van der Waals surface area (Å²) < 4.78 is 4.74. The summed E-state index contributed by atoms with van der Waals surface area (Å²) in [5.74, 6) is 0.576. The van der Waals surface area contributed by atoms with E-state index in [4.69, 9.17) is 4.74 Å². The van der Waals surface area contributed by atoms with Crippen LogP contribution in [0.3, 0.4) is 0 Å². The molecule has 5 heteroatoms. The van der Waals surface area contributed by atoms with Gasteiger partial charge in [0, 0.05) is 37.7 Å². The predicted octanol–water partition coefficient (Wildman–Crippen LogP) is 1.22. The van der Waals surface area contributed by atoms with E-state index >= 15 is 0 Å². The Hall–Kier alpha value is -1.07. The third-order valence-electron chi connectivity index (χ3n) is 4.96. The van der Waals surface area contributed by atoms with Crippen molar-refractivity contribution in [3.8, 4) is 0 Å². The van der Waals surface area contributed by atoms with Crippen LogP contribution in [0.15, 0.2) is 11.3 Å². The second kappa shape index (κ2) is 6.79. The highest BCUT2D eigenvalue weighted by atomic mass is 16.5. The zero-order valence-corrected chi connectivity index (χ0v) is 13.0. The average molecular weight is 293 g/mol. The monoisotopic (exact) mass is 293 g/mol. The number of carbonyl (C=O) groups is 1. The Labute approximate surface area is 127 Å². The van der Waals surface area contributed by atoms with Crippen LogP contribution in [0.25, 0.3) is 0 Å². The van der Waals surface area contributed by atoms with Gasteiger partial charge in [-0.05, 0) is 44.2 Å². The Kier molecular flexibility index (Phi) is 4.80. The van der Waals surface area contributed by atoms with Gasteiger partial charge >= 0.3 is 5.97 Å². The van der Waals surface area contributed by atoms with Gasteiger partial charge in [0.05, 0.1) is 13.3 Å². The molecular weight excluding hydrogens is 266 g/mol. The molecule has 3 rings (SSSR count). The number of fused-ring (bicyclic) bond motifs is 2. The first-order valence-corrected chi connectivity index (χ1v) is 8.31. The molecule has 0 aromatic carbocycles. The number of esters is 1. The van der Waals surface area contributed by atoms with Gasteiger partial charge in [0.1, 0.15) is 0 Å². The molecule has 0 amide bonds. The summed E-state index contributed by atoms with van der Waals surface area (Å²) in [6.07, 6.45) is 6.81. The van der Waals surface area contributed by atoms with E-state index in [2.05, 4.69) is 15.5 Å². The molecule has 3 aliphatic heterocycles. The summed E-state index contributed by atoms with van der Waals surface area (Å²) in [6.45, 7) is 4.33. The number of ether oxygens (including phenoxy) is 1. The van der Waals surface area contributed by atoms with Crippen LogP contribution in [0.2, 0.25) is 0 Å². The van der Waals surface area contributed by atoms with E-state index in [1.807, 2.05) is 0 Å². The SMILES string of the molecule is COC(=O)CCCN1CCCC2CNC3NCCCC3=C21. The molecule has 2 fully saturated rings. The number of rotatable bonds is 4. The van der Waals surface area contributed by atoms with Gasteiger partial charge in [-0.15, -0.1) is 0 Å². The maximum Gasteiger partial charge on any atom is 0.305 e. The Morgan fingerprint density at radius 1 is 1.38 bits per heavy atom. The minimum absolute atomic E-state index is 0.0938. The zero-order valence-electron chi connectivity index (χ0n) is 13.0. The van der Waals surface area contributed by atoms with Crippen LogP contribution in [-0.2, 0) is 9.53 Å². The molecule has 5 nitrogen and oxygen atoms in total. The number of hydrogen-bond donors (Lipinski definition) is 2. The normalized spacial score (nSPS) is 28.9. The number of carbonyl (C=O) groups excluding carboxylic acids is 1. The lowest BCUT2D eigenvalue weighted by Crippen LogP contribution is -2.55. The molecule has 0 aliphatic carbocycles. The summed E-state index contributed by atoms with van der Waals surface area (Å²) in [5.41, 5.74) is 3.16. The molecule has 118 valence electrons. The fourth-order valence-electron chi connectivity index (χ4n) is 3.98. The number of nitrogens with zero attached hydrogens (tertiary/aromatic N) is 1. The molecular formula is C16H27N3O2. The van der Waals surface area contributed by atoms with Crippen LogP contribution < -0.4 is 10.6 Å². The third kappa shape index (κ3) is 3.24. The van der Waals surface area contributed by atoms with E-state index < -0.39 is 0 Å². The van der Waals surface area contributed by atoms with E-state index in [0.29, 0.717) is 18.5 Å². The average Bonchev–Trinajstić information content (AvgIpc) is 2.54. The Morgan fingerprint density at radius 3 is 3.14 bits per heavy atom. The number of piperidine rings is 2. The molecule has 3 aliphatic rings. The van der Waals surface area contributed by atoms with Crippen molar-refractivity contribution in [2.45, 2.75) is 44.7 Å². The van der Waals surface area contributed by atoms with Crippen molar-refractivity contribution in [1.82, 2.24) is 15.5 Å². The van der Waals surface area contributed by atoms with Crippen LogP contribution in [0.4, 0.5) is 0 Å². The van der Waals surface area contributed by atoms with Gasteiger partial charge in [0.25, 0.3) is 0 Å². The van der Waals surface area contributed by atoms with Gasteiger partial charge in [0.15, 0.2) is 0 Å². The lowest BCUT2D eigenvalue weighted by atomic mass is 9.84. The van der Waals surface area contributed by atoms with Crippen LogP contribution in [0.1, 0.15) is 38.5 Å². The first kappa shape index (κ1) is 14.9. The molecule has 0 spiro atoms. The van der Waals surface area contributed by atoms with Gasteiger partial charge < -0.3 is 9.64 Å². The molecule has 2 atom stereocenters. The van der Waals surface area contributed by atoms with Crippen molar-refractivity contribution in [2.75, 3.05) is 33.3 Å². The molecule has 0 aromatic rings. The number of likely N-dealkylation sites (tertiary alicyclic amines) is 1. The maximum absolute atomic E-state index is 11.3. The summed E-state index contributed by atoms with van der Waals surface area (Å²) in [5, 5.41) is 7.24.